The highest BCUT2D eigenvalue weighted by atomic mass is 19.1. The highest BCUT2D eigenvalue weighted by Gasteiger charge is 2.44. The first-order valence-corrected chi connectivity index (χ1v) is 14.7. The number of fused-ring (bicyclic) bond motifs is 1. The van der Waals surface area contributed by atoms with Gasteiger partial charge >= 0.3 is 6.09 Å². The van der Waals surface area contributed by atoms with E-state index in [1.54, 1.807) is 26.8 Å². The van der Waals surface area contributed by atoms with Crippen molar-refractivity contribution in [3.63, 3.8) is 0 Å². The van der Waals surface area contributed by atoms with Gasteiger partial charge in [0.15, 0.2) is 0 Å². The molecule has 4 amide bonds. The van der Waals surface area contributed by atoms with Crippen LogP contribution in [0.4, 0.5) is 25.0 Å². The molecule has 0 aliphatic carbocycles. The molecule has 15 heteroatoms. The monoisotopic (exact) mass is 649 g/mol. The van der Waals surface area contributed by atoms with Crippen LogP contribution in [0.3, 0.4) is 0 Å². The zero-order valence-corrected chi connectivity index (χ0v) is 26.4. The number of para-hydroxylation sites is 1. The van der Waals surface area contributed by atoms with E-state index in [9.17, 15) is 33.2 Å². The second-order valence-corrected chi connectivity index (χ2v) is 12.2. The van der Waals surface area contributed by atoms with E-state index in [1.807, 2.05) is 0 Å². The van der Waals surface area contributed by atoms with Crippen molar-refractivity contribution in [2.75, 3.05) is 25.6 Å². The molecule has 46 heavy (non-hydrogen) atoms. The summed E-state index contributed by atoms with van der Waals surface area (Å²) in [5.74, 6) is -4.52. The summed E-state index contributed by atoms with van der Waals surface area (Å²) in [5, 5.41) is 16.6. The maximum Gasteiger partial charge on any atom is 0.410 e. The number of anilines is 1. The number of rotatable bonds is 8. The lowest BCUT2D eigenvalue weighted by molar-refractivity contribution is -0.497. The molecule has 0 saturated carbocycles. The highest BCUT2D eigenvalue weighted by molar-refractivity contribution is 6.00. The van der Waals surface area contributed by atoms with Crippen LogP contribution in [-0.2, 0) is 30.4 Å². The fraction of sp³-hybridized carbons (Fsp3) is 0.484. The number of benzene rings is 2. The van der Waals surface area contributed by atoms with Crippen LogP contribution in [0.25, 0.3) is 0 Å². The second kappa shape index (κ2) is 14.9. The first-order valence-electron chi connectivity index (χ1n) is 14.7. The van der Waals surface area contributed by atoms with Crippen LogP contribution in [0.1, 0.15) is 57.7 Å². The molecule has 6 N–H and O–H groups in total. The van der Waals surface area contributed by atoms with Crippen LogP contribution < -0.4 is 16.1 Å². The number of carbonyl (C=O) groups is 4. The van der Waals surface area contributed by atoms with E-state index in [4.69, 9.17) is 9.47 Å². The Morgan fingerprint density at radius 1 is 1.11 bits per heavy atom. The third-order valence-electron chi connectivity index (χ3n) is 7.94. The highest BCUT2D eigenvalue weighted by Crippen LogP contribution is 2.38. The number of nitrogens with one attached hydrogen (secondary N) is 2. The zero-order chi connectivity index (χ0) is 33.1. The molecule has 0 spiro atoms. The molecule has 2 aromatic carbocycles. The third-order valence-corrected chi connectivity index (χ3v) is 7.94. The molecule has 2 aliphatic heterocycles. The molecule has 0 bridgehead atoms. The lowest BCUT2D eigenvalue weighted by atomic mass is 9.90. The van der Waals surface area contributed by atoms with Crippen LogP contribution in [0, 0.1) is 22.8 Å². The number of hydrogen-bond donors (Lipinski definition) is 3. The quantitative estimate of drug-likeness (QED) is 0.288. The summed E-state index contributed by atoms with van der Waals surface area (Å²) in [6, 6.07) is 4.21. The van der Waals surface area contributed by atoms with Gasteiger partial charge in [0.05, 0.1) is 0 Å². The normalized spacial score (nSPS) is 17.7. The van der Waals surface area contributed by atoms with Crippen molar-refractivity contribution in [1.82, 2.24) is 15.1 Å². The van der Waals surface area contributed by atoms with Gasteiger partial charge in [-0.25, -0.2) is 13.6 Å². The topological polar surface area (TPSA) is 188 Å². The van der Waals surface area contributed by atoms with Gasteiger partial charge in [-0.3, -0.25) is 19.3 Å². The number of nitrogens with two attached hydrogens (primary N) is 1. The van der Waals surface area contributed by atoms with Crippen LogP contribution in [0.5, 0.6) is 0 Å². The van der Waals surface area contributed by atoms with Crippen LogP contribution >= 0.6 is 0 Å². The summed E-state index contributed by atoms with van der Waals surface area (Å²) < 4.78 is 39.8. The Hall–Kier alpha value is -4.18. The molecule has 3 atom stereocenters. The van der Waals surface area contributed by atoms with Gasteiger partial charge in [-0.2, -0.15) is 0 Å². The smallest absolute Gasteiger partial charge is 0.410 e. The summed E-state index contributed by atoms with van der Waals surface area (Å²) in [6.45, 7) is 7.21. The van der Waals surface area contributed by atoms with Crippen molar-refractivity contribution in [3.05, 3.63) is 64.4 Å². The molecule has 2 aromatic rings. The van der Waals surface area contributed by atoms with E-state index < -0.39 is 64.9 Å². The van der Waals surface area contributed by atoms with E-state index in [1.165, 1.54) is 31.0 Å². The summed E-state index contributed by atoms with van der Waals surface area (Å²) in [7, 11) is 1.41. The second-order valence-electron chi connectivity index (χ2n) is 12.2. The Balaban J connectivity index is 0.00000576. The van der Waals surface area contributed by atoms with Gasteiger partial charge in [0.25, 0.3) is 5.91 Å². The average Bonchev–Trinajstić information content (AvgIpc) is 3.39. The molecule has 252 valence electrons. The van der Waals surface area contributed by atoms with E-state index in [2.05, 4.69) is 10.6 Å². The zero-order valence-electron chi connectivity index (χ0n) is 26.4. The van der Waals surface area contributed by atoms with E-state index >= 15 is 0 Å². The standard InChI is InChI=1S/C31H39F2N5O7.H2O/c1-17(37(5)30(42)45-31(2,3)4)27(39)34-24(18-11-13-44-14-12-18)29(41)38-16-19-9-10-20(36-43)15-21(19)26(38)28(40)35-25-22(32)7-6-8-23(25)33;/h6-10,15,17-18,24,26H,11-14,16,36H2,1-5H3,(H,34,39)(H,35,40);1H2/t17-,24-,26-;/m0./s1. The van der Waals surface area contributed by atoms with Crippen LogP contribution in [0.2, 0.25) is 0 Å². The first-order chi connectivity index (χ1) is 21.2. The Morgan fingerprint density at radius 3 is 2.33 bits per heavy atom. The molecule has 1 fully saturated rings. The summed E-state index contributed by atoms with van der Waals surface area (Å²) in [5.41, 5.74) is 0.228. The van der Waals surface area contributed by atoms with Gasteiger partial charge in [-0.05, 0) is 75.8 Å². The Kier molecular flexibility index (Phi) is 11.8. The van der Waals surface area contributed by atoms with E-state index in [0.29, 0.717) is 42.7 Å². The number of ether oxygens (including phenoxy) is 2. The molecule has 0 aromatic heterocycles. The first kappa shape index (κ1) is 36.3. The fourth-order valence-corrected chi connectivity index (χ4v) is 5.38. The van der Waals surface area contributed by atoms with E-state index in [0.717, 1.165) is 23.1 Å². The summed E-state index contributed by atoms with van der Waals surface area (Å²) in [4.78, 5) is 56.6. The van der Waals surface area contributed by atoms with Gasteiger partial charge in [-0.1, -0.05) is 12.1 Å². The fourth-order valence-electron chi connectivity index (χ4n) is 5.38. The van der Waals surface area contributed by atoms with Gasteiger partial charge in [0.2, 0.25) is 11.8 Å². The van der Waals surface area contributed by atoms with Crippen molar-refractivity contribution in [3.8, 4) is 0 Å². The molecule has 0 radical (unpaired) electrons. The molecule has 13 nitrogen and oxygen atoms in total. The number of carbonyl (C=O) groups excluding carboxylic acids is 4. The summed E-state index contributed by atoms with van der Waals surface area (Å²) in [6.07, 6.45) is 0.137. The molecule has 2 heterocycles. The maximum atomic E-state index is 14.5. The van der Waals surface area contributed by atoms with Crippen molar-refractivity contribution < 1.29 is 48.4 Å². The van der Waals surface area contributed by atoms with Crippen molar-refractivity contribution in [1.29, 1.82) is 0 Å². The Morgan fingerprint density at radius 2 is 1.74 bits per heavy atom. The minimum Gasteiger partial charge on any atom is -0.630 e. The molecule has 1 saturated heterocycles. The third kappa shape index (κ3) is 8.15. The SMILES string of the molecule is C[C@@H](C(=O)N[C@H](C(=O)N1Cc2ccc([NH2+][O-])cc2[C@H]1C(=O)Nc1c(F)cccc1F)C1CCOCC1)N(C)C(=O)OC(C)(C)C.O. The van der Waals surface area contributed by atoms with Crippen molar-refractivity contribution in [2.24, 2.45) is 5.92 Å². The number of nitrogens with zero attached hydrogens (tertiary/aromatic N) is 2. The predicted octanol–water partition coefficient (Wildman–Crippen LogP) is 2.02. The molecule has 0 unspecified atom stereocenters. The molecular weight excluding hydrogens is 608 g/mol. The van der Waals surface area contributed by atoms with Crippen LogP contribution in [0.15, 0.2) is 36.4 Å². The Bertz CT molecular complexity index is 1430. The van der Waals surface area contributed by atoms with Gasteiger partial charge < -0.3 is 41.2 Å². The Labute approximate surface area is 265 Å². The van der Waals surface area contributed by atoms with Gasteiger partial charge in [0, 0.05) is 32.9 Å². The van der Waals surface area contributed by atoms with E-state index in [-0.39, 0.29) is 23.6 Å². The molecule has 4 rings (SSSR count). The maximum absolute atomic E-state index is 14.5. The van der Waals surface area contributed by atoms with Crippen molar-refractivity contribution >= 4 is 35.2 Å². The average molecular weight is 650 g/mol. The number of quaternary nitrogens is 1. The minimum absolute atomic E-state index is 0. The van der Waals surface area contributed by atoms with Gasteiger partial charge in [-0.15, -0.1) is 0 Å². The molecule has 2 aliphatic rings. The number of likely N-dealkylation sites (N-methyl/N-ethyl adjacent to an activating group) is 1. The summed E-state index contributed by atoms with van der Waals surface area (Å²) >= 11 is 0. The number of hydrogen-bond acceptors (Lipinski definition) is 7. The number of amides is 4. The van der Waals surface area contributed by atoms with Gasteiger partial charge in [0.1, 0.15) is 46.7 Å². The lowest BCUT2D eigenvalue weighted by Crippen LogP contribution is -2.70. The predicted molar refractivity (Wildman–Crippen MR) is 162 cm³/mol. The largest absolute Gasteiger partial charge is 0.630 e. The lowest BCUT2D eigenvalue weighted by Gasteiger charge is -2.36. The van der Waals surface area contributed by atoms with Crippen LogP contribution in [-0.4, -0.2) is 77.0 Å². The minimum atomic E-state index is -1.37. The molecular formula is C31H41F2N5O8. The van der Waals surface area contributed by atoms with Crippen molar-refractivity contribution in [2.45, 2.75) is 70.8 Å². The number of halogens is 2.